The van der Waals surface area contributed by atoms with Crippen molar-refractivity contribution in [3.05, 3.63) is 95.6 Å². The zero-order valence-electron chi connectivity index (χ0n) is 20.8. The number of aryl methyl sites for hydroxylation is 1. The summed E-state index contributed by atoms with van der Waals surface area (Å²) in [6.07, 6.45) is -0.240. The van der Waals surface area contributed by atoms with Crippen LogP contribution >= 0.6 is 12.2 Å². The van der Waals surface area contributed by atoms with Crippen LogP contribution in [0.4, 0.5) is 11.4 Å². The Labute approximate surface area is 225 Å². The molecule has 1 saturated heterocycles. The lowest BCUT2D eigenvalue weighted by Crippen LogP contribution is -2.65. The summed E-state index contributed by atoms with van der Waals surface area (Å²) in [5.74, 6) is -1.90. The number of carbonyl (C=O) groups excluding carboxylic acids is 4. The number of nitrogens with zero attached hydrogens (tertiary/aromatic N) is 2. The lowest BCUT2D eigenvalue weighted by Gasteiger charge is -2.41. The Balaban J connectivity index is 1.59. The SMILES string of the molecule is CCOC(=O)c1ccc(NC(=O)C2CC(=O)N(c3ccc(C)cc3)C(=S)N2NC(=O)c2ccccc2)cc1. The Morgan fingerprint density at radius 1 is 0.947 bits per heavy atom. The van der Waals surface area contributed by atoms with Gasteiger partial charge in [0, 0.05) is 11.3 Å². The summed E-state index contributed by atoms with van der Waals surface area (Å²) < 4.78 is 4.98. The van der Waals surface area contributed by atoms with E-state index in [1.165, 1.54) is 22.0 Å². The average Bonchev–Trinajstić information content (AvgIpc) is 2.92. The number of benzene rings is 3. The molecule has 3 aromatic carbocycles. The molecule has 9 nitrogen and oxygen atoms in total. The molecule has 0 aliphatic carbocycles. The lowest BCUT2D eigenvalue weighted by molar-refractivity contribution is -0.127. The number of anilines is 2. The van der Waals surface area contributed by atoms with E-state index >= 15 is 0 Å². The van der Waals surface area contributed by atoms with E-state index in [4.69, 9.17) is 17.0 Å². The number of thiocarbonyl (C=S) groups is 1. The summed E-state index contributed by atoms with van der Waals surface area (Å²) in [6, 6.07) is 20.7. The Bertz CT molecular complexity index is 1360. The first-order valence-electron chi connectivity index (χ1n) is 12.0. The molecule has 0 spiro atoms. The van der Waals surface area contributed by atoms with E-state index in [0.717, 1.165) is 5.56 Å². The van der Waals surface area contributed by atoms with Crippen LogP contribution in [0.2, 0.25) is 0 Å². The molecule has 1 atom stereocenters. The van der Waals surface area contributed by atoms with Gasteiger partial charge in [-0.15, -0.1) is 0 Å². The average molecular weight is 531 g/mol. The molecule has 194 valence electrons. The number of hydrogen-bond acceptors (Lipinski definition) is 6. The molecule has 0 bridgehead atoms. The third-order valence-corrected chi connectivity index (χ3v) is 6.22. The van der Waals surface area contributed by atoms with Gasteiger partial charge in [-0.3, -0.25) is 24.7 Å². The smallest absolute Gasteiger partial charge is 0.338 e. The van der Waals surface area contributed by atoms with E-state index in [1.54, 1.807) is 61.5 Å². The molecule has 0 aromatic heterocycles. The second-order valence-electron chi connectivity index (χ2n) is 8.53. The zero-order chi connectivity index (χ0) is 27.2. The van der Waals surface area contributed by atoms with Crippen molar-refractivity contribution in [3.63, 3.8) is 0 Å². The van der Waals surface area contributed by atoms with Crippen LogP contribution in [0, 0.1) is 6.92 Å². The monoisotopic (exact) mass is 530 g/mol. The van der Waals surface area contributed by atoms with E-state index in [9.17, 15) is 19.2 Å². The Kier molecular flexibility index (Phi) is 8.12. The van der Waals surface area contributed by atoms with E-state index in [0.29, 0.717) is 22.5 Å². The number of amides is 3. The van der Waals surface area contributed by atoms with Crippen LogP contribution in [0.15, 0.2) is 78.9 Å². The predicted molar refractivity (Wildman–Crippen MR) is 146 cm³/mol. The van der Waals surface area contributed by atoms with Crippen LogP contribution in [0.5, 0.6) is 0 Å². The van der Waals surface area contributed by atoms with Gasteiger partial charge in [0.05, 0.1) is 24.3 Å². The van der Waals surface area contributed by atoms with Crippen molar-refractivity contribution < 1.29 is 23.9 Å². The highest BCUT2D eigenvalue weighted by Crippen LogP contribution is 2.25. The van der Waals surface area contributed by atoms with Crippen molar-refractivity contribution in [1.82, 2.24) is 10.4 Å². The highest BCUT2D eigenvalue weighted by atomic mass is 32.1. The fraction of sp³-hybridized carbons (Fsp3) is 0.179. The molecule has 3 amide bonds. The molecule has 1 unspecified atom stereocenters. The maximum Gasteiger partial charge on any atom is 0.338 e. The first-order chi connectivity index (χ1) is 18.3. The van der Waals surface area contributed by atoms with Gasteiger partial charge in [-0.1, -0.05) is 35.9 Å². The normalized spacial score (nSPS) is 15.2. The van der Waals surface area contributed by atoms with Gasteiger partial charge in [-0.2, -0.15) is 0 Å². The topological polar surface area (TPSA) is 108 Å². The van der Waals surface area contributed by atoms with E-state index < -0.39 is 23.8 Å². The van der Waals surface area contributed by atoms with Gasteiger partial charge >= 0.3 is 5.97 Å². The Morgan fingerprint density at radius 3 is 2.24 bits per heavy atom. The molecule has 1 fully saturated rings. The van der Waals surface area contributed by atoms with Crippen molar-refractivity contribution in [1.29, 1.82) is 0 Å². The number of hydrazine groups is 1. The minimum Gasteiger partial charge on any atom is -0.462 e. The number of rotatable bonds is 7. The number of nitrogens with one attached hydrogen (secondary N) is 2. The molecule has 1 aliphatic rings. The maximum atomic E-state index is 13.4. The molecule has 4 rings (SSSR count). The van der Waals surface area contributed by atoms with Crippen LogP contribution in [-0.2, 0) is 14.3 Å². The highest BCUT2D eigenvalue weighted by molar-refractivity contribution is 7.80. The third kappa shape index (κ3) is 5.87. The first kappa shape index (κ1) is 26.5. The molecule has 10 heteroatoms. The summed E-state index contributed by atoms with van der Waals surface area (Å²) in [7, 11) is 0. The number of hydrogen-bond donors (Lipinski definition) is 2. The highest BCUT2D eigenvalue weighted by Gasteiger charge is 2.42. The minimum atomic E-state index is -1.12. The van der Waals surface area contributed by atoms with Gasteiger partial charge in [0.25, 0.3) is 5.91 Å². The van der Waals surface area contributed by atoms with Gasteiger partial charge in [0.2, 0.25) is 16.9 Å². The van der Waals surface area contributed by atoms with Gasteiger partial charge in [0.15, 0.2) is 0 Å². The van der Waals surface area contributed by atoms with E-state index in [1.807, 2.05) is 19.1 Å². The minimum absolute atomic E-state index is 0.0350. The molecule has 2 N–H and O–H groups in total. The molecule has 0 radical (unpaired) electrons. The number of esters is 1. The molecule has 3 aromatic rings. The Hall–Kier alpha value is -4.57. The van der Waals surface area contributed by atoms with Crippen LogP contribution in [0.1, 0.15) is 39.6 Å². The molecule has 38 heavy (non-hydrogen) atoms. The fourth-order valence-corrected chi connectivity index (χ4v) is 4.25. The summed E-state index contributed by atoms with van der Waals surface area (Å²) in [5.41, 5.74) is 5.34. The maximum absolute atomic E-state index is 13.4. The van der Waals surface area contributed by atoms with Gasteiger partial charge in [-0.25, -0.2) is 9.80 Å². The van der Waals surface area contributed by atoms with Crippen LogP contribution in [-0.4, -0.2) is 46.5 Å². The first-order valence-corrected chi connectivity index (χ1v) is 12.4. The standard InChI is InChI=1S/C28H26N4O5S/c1-3-37-27(36)20-11-13-21(14-12-20)29-26(35)23-17-24(33)31(22-15-9-18(2)10-16-22)28(38)32(23)30-25(34)19-7-5-4-6-8-19/h4-16,23H,3,17H2,1-2H3,(H,29,35)(H,30,34). The molecule has 1 heterocycles. The second kappa shape index (κ2) is 11.7. The van der Waals surface area contributed by atoms with Crippen molar-refractivity contribution in [2.45, 2.75) is 26.3 Å². The summed E-state index contributed by atoms with van der Waals surface area (Å²) in [5, 5.41) is 3.95. The summed E-state index contributed by atoms with van der Waals surface area (Å²) in [4.78, 5) is 52.8. The molecule has 0 saturated carbocycles. The number of carbonyl (C=O) groups is 4. The van der Waals surface area contributed by atoms with E-state index in [2.05, 4.69) is 10.7 Å². The second-order valence-corrected chi connectivity index (χ2v) is 8.90. The van der Waals surface area contributed by atoms with Crippen LogP contribution in [0.25, 0.3) is 0 Å². The van der Waals surface area contributed by atoms with Crippen molar-refractivity contribution in [2.75, 3.05) is 16.8 Å². The zero-order valence-corrected chi connectivity index (χ0v) is 21.7. The van der Waals surface area contributed by atoms with Gasteiger partial charge in [-0.05, 0) is 74.6 Å². The molecular formula is C28H26N4O5S. The molecule has 1 aliphatic heterocycles. The van der Waals surface area contributed by atoms with Gasteiger partial charge in [0.1, 0.15) is 6.04 Å². The van der Waals surface area contributed by atoms with Gasteiger partial charge < -0.3 is 10.1 Å². The number of ether oxygens (including phenoxy) is 1. The summed E-state index contributed by atoms with van der Waals surface area (Å²) >= 11 is 5.63. The summed E-state index contributed by atoms with van der Waals surface area (Å²) in [6.45, 7) is 3.88. The Morgan fingerprint density at radius 2 is 1.61 bits per heavy atom. The van der Waals surface area contributed by atoms with Crippen LogP contribution < -0.4 is 15.6 Å². The quantitative estimate of drug-likeness (QED) is 0.353. The molecular weight excluding hydrogens is 504 g/mol. The lowest BCUT2D eigenvalue weighted by atomic mass is 10.1. The van der Waals surface area contributed by atoms with Crippen molar-refractivity contribution in [3.8, 4) is 0 Å². The predicted octanol–water partition coefficient (Wildman–Crippen LogP) is 3.85. The largest absolute Gasteiger partial charge is 0.462 e. The van der Waals surface area contributed by atoms with Crippen LogP contribution in [0.3, 0.4) is 0 Å². The third-order valence-electron chi connectivity index (χ3n) is 5.84. The van der Waals surface area contributed by atoms with E-state index in [-0.39, 0.29) is 24.0 Å². The van der Waals surface area contributed by atoms with Crippen molar-refractivity contribution >= 4 is 52.4 Å². The van der Waals surface area contributed by atoms with Crippen molar-refractivity contribution in [2.24, 2.45) is 0 Å². The fourth-order valence-electron chi connectivity index (χ4n) is 3.87.